The number of carbonyl (C=O) groups excluding carboxylic acids is 1. The fourth-order valence-electron chi connectivity index (χ4n) is 3.16. The van der Waals surface area contributed by atoms with Crippen LogP contribution in [0.15, 0.2) is 48.7 Å². The summed E-state index contributed by atoms with van der Waals surface area (Å²) in [6, 6.07) is 12.3. The zero-order chi connectivity index (χ0) is 19.3. The number of sulfonamides is 1. The van der Waals surface area contributed by atoms with Gasteiger partial charge in [0.25, 0.3) is 0 Å². The average Bonchev–Trinajstić information content (AvgIpc) is 2.67. The van der Waals surface area contributed by atoms with E-state index in [2.05, 4.69) is 10.3 Å². The fraction of sp³-hybridized carbons (Fsp3) is 0.368. The van der Waals surface area contributed by atoms with Crippen molar-refractivity contribution in [1.29, 1.82) is 0 Å². The van der Waals surface area contributed by atoms with E-state index in [1.165, 1.54) is 4.31 Å². The van der Waals surface area contributed by atoms with E-state index in [-0.39, 0.29) is 24.1 Å². The maximum absolute atomic E-state index is 12.8. The largest absolute Gasteiger partial charge is 0.350 e. The minimum Gasteiger partial charge on any atom is -0.350 e. The van der Waals surface area contributed by atoms with Gasteiger partial charge in [-0.25, -0.2) is 12.7 Å². The van der Waals surface area contributed by atoms with Crippen LogP contribution in [-0.2, 0) is 27.1 Å². The molecule has 1 N–H and O–H groups in total. The van der Waals surface area contributed by atoms with Gasteiger partial charge in [0.2, 0.25) is 15.9 Å². The highest BCUT2D eigenvalue weighted by atomic mass is 35.5. The number of aromatic nitrogens is 1. The van der Waals surface area contributed by atoms with Crippen LogP contribution in [-0.4, -0.2) is 36.7 Å². The summed E-state index contributed by atoms with van der Waals surface area (Å²) in [6.07, 6.45) is 3.01. The first kappa shape index (κ1) is 19.8. The van der Waals surface area contributed by atoms with Crippen molar-refractivity contribution < 1.29 is 13.2 Å². The van der Waals surface area contributed by atoms with E-state index >= 15 is 0 Å². The highest BCUT2D eigenvalue weighted by Gasteiger charge is 2.32. The number of hydrogen-bond acceptors (Lipinski definition) is 4. The van der Waals surface area contributed by atoms with Crippen molar-refractivity contribution in [2.75, 3.05) is 13.1 Å². The quantitative estimate of drug-likeness (QED) is 0.798. The van der Waals surface area contributed by atoms with Crippen molar-refractivity contribution in [3.05, 3.63) is 64.9 Å². The van der Waals surface area contributed by atoms with E-state index in [0.29, 0.717) is 36.5 Å². The molecule has 0 radical (unpaired) electrons. The van der Waals surface area contributed by atoms with E-state index in [4.69, 9.17) is 11.6 Å². The van der Waals surface area contributed by atoms with Crippen LogP contribution >= 0.6 is 11.6 Å². The van der Waals surface area contributed by atoms with Gasteiger partial charge in [0.15, 0.2) is 0 Å². The molecule has 1 fully saturated rings. The number of hydrogen-bond donors (Lipinski definition) is 1. The number of piperidine rings is 1. The lowest BCUT2D eigenvalue weighted by molar-refractivity contribution is -0.126. The van der Waals surface area contributed by atoms with Crippen molar-refractivity contribution in [3.63, 3.8) is 0 Å². The summed E-state index contributed by atoms with van der Waals surface area (Å²) in [4.78, 5) is 16.6. The molecule has 1 aromatic heterocycles. The van der Waals surface area contributed by atoms with E-state index < -0.39 is 10.0 Å². The molecule has 0 aliphatic carbocycles. The molecule has 144 valence electrons. The molecule has 0 bridgehead atoms. The van der Waals surface area contributed by atoms with Crippen LogP contribution in [0.3, 0.4) is 0 Å². The fourth-order valence-corrected chi connectivity index (χ4v) is 4.97. The third-order valence-corrected chi connectivity index (χ3v) is 6.61. The predicted octanol–water partition coefficient (Wildman–Crippen LogP) is 2.59. The Bertz CT molecular complexity index is 890. The highest BCUT2D eigenvalue weighted by molar-refractivity contribution is 7.88. The monoisotopic (exact) mass is 407 g/mol. The van der Waals surface area contributed by atoms with Gasteiger partial charge in [-0.15, -0.1) is 0 Å². The molecule has 2 heterocycles. The Morgan fingerprint density at radius 2 is 2.11 bits per heavy atom. The molecule has 1 aliphatic rings. The Morgan fingerprint density at radius 1 is 1.26 bits per heavy atom. The van der Waals surface area contributed by atoms with Crippen LogP contribution in [0, 0.1) is 5.92 Å². The molecule has 1 amide bonds. The molecule has 1 aromatic carbocycles. The van der Waals surface area contributed by atoms with Gasteiger partial charge in [-0.3, -0.25) is 9.78 Å². The highest BCUT2D eigenvalue weighted by Crippen LogP contribution is 2.22. The maximum Gasteiger partial charge on any atom is 0.224 e. The third kappa shape index (κ3) is 5.51. The molecular weight excluding hydrogens is 386 g/mol. The van der Waals surface area contributed by atoms with Gasteiger partial charge in [0, 0.05) is 24.3 Å². The lowest BCUT2D eigenvalue weighted by atomic mass is 9.99. The number of nitrogens with one attached hydrogen (secondary N) is 1. The topological polar surface area (TPSA) is 79.4 Å². The molecule has 1 atom stereocenters. The Morgan fingerprint density at radius 3 is 2.85 bits per heavy atom. The summed E-state index contributed by atoms with van der Waals surface area (Å²) in [6.45, 7) is 0.981. The number of benzene rings is 1. The molecule has 0 saturated carbocycles. The van der Waals surface area contributed by atoms with Gasteiger partial charge in [0.05, 0.1) is 23.9 Å². The normalized spacial score (nSPS) is 18.2. The molecule has 8 heteroatoms. The second kappa shape index (κ2) is 8.82. The second-order valence-corrected chi connectivity index (χ2v) is 9.03. The van der Waals surface area contributed by atoms with Crippen LogP contribution in [0.25, 0.3) is 0 Å². The second-order valence-electron chi connectivity index (χ2n) is 6.62. The minimum atomic E-state index is -3.50. The molecule has 0 spiro atoms. The van der Waals surface area contributed by atoms with E-state index in [0.717, 1.165) is 5.69 Å². The smallest absolute Gasteiger partial charge is 0.224 e. The summed E-state index contributed by atoms with van der Waals surface area (Å²) >= 11 is 5.94. The Balaban J connectivity index is 1.60. The molecule has 1 saturated heterocycles. The zero-order valence-electron chi connectivity index (χ0n) is 14.8. The van der Waals surface area contributed by atoms with Crippen molar-refractivity contribution >= 4 is 27.5 Å². The Labute approximate surface area is 164 Å². The molecule has 27 heavy (non-hydrogen) atoms. The Kier molecular flexibility index (Phi) is 6.46. The van der Waals surface area contributed by atoms with Crippen LogP contribution in [0.1, 0.15) is 24.1 Å². The summed E-state index contributed by atoms with van der Waals surface area (Å²) < 4.78 is 26.9. The van der Waals surface area contributed by atoms with Gasteiger partial charge in [-0.05, 0) is 42.7 Å². The van der Waals surface area contributed by atoms with Gasteiger partial charge in [-0.1, -0.05) is 29.8 Å². The molecule has 1 aliphatic heterocycles. The van der Waals surface area contributed by atoms with E-state index in [9.17, 15) is 13.2 Å². The molecule has 3 rings (SSSR count). The summed E-state index contributed by atoms with van der Waals surface area (Å²) in [5, 5.41) is 3.36. The maximum atomic E-state index is 12.8. The van der Waals surface area contributed by atoms with Gasteiger partial charge in [-0.2, -0.15) is 0 Å². The van der Waals surface area contributed by atoms with Crippen LogP contribution in [0.4, 0.5) is 0 Å². The van der Waals surface area contributed by atoms with Crippen molar-refractivity contribution in [2.45, 2.75) is 25.1 Å². The summed E-state index contributed by atoms with van der Waals surface area (Å²) in [5.41, 5.74) is 1.41. The predicted molar refractivity (Wildman–Crippen MR) is 104 cm³/mol. The number of pyridine rings is 1. The van der Waals surface area contributed by atoms with Gasteiger partial charge in [0.1, 0.15) is 0 Å². The number of halogens is 1. The SMILES string of the molecule is O=C(NCc1ccccn1)C1CCCN(S(=O)(=O)Cc2cccc(Cl)c2)C1. The summed E-state index contributed by atoms with van der Waals surface area (Å²) in [5.74, 6) is -0.601. The molecule has 1 unspecified atom stereocenters. The van der Waals surface area contributed by atoms with Crippen molar-refractivity contribution in [3.8, 4) is 0 Å². The van der Waals surface area contributed by atoms with Crippen molar-refractivity contribution in [1.82, 2.24) is 14.6 Å². The average molecular weight is 408 g/mol. The van der Waals surface area contributed by atoms with Crippen molar-refractivity contribution in [2.24, 2.45) is 5.92 Å². The number of nitrogens with zero attached hydrogens (tertiary/aromatic N) is 2. The molecule has 6 nitrogen and oxygen atoms in total. The Hall–Kier alpha value is -1.96. The molecular formula is C19H22ClN3O3S. The van der Waals surface area contributed by atoms with E-state index in [1.54, 1.807) is 30.5 Å². The van der Waals surface area contributed by atoms with Gasteiger partial charge < -0.3 is 5.32 Å². The number of carbonyl (C=O) groups is 1. The number of amides is 1. The van der Waals surface area contributed by atoms with Gasteiger partial charge >= 0.3 is 0 Å². The molecule has 2 aromatic rings. The van der Waals surface area contributed by atoms with Crippen LogP contribution in [0.5, 0.6) is 0 Å². The minimum absolute atomic E-state index is 0.115. The lowest BCUT2D eigenvalue weighted by Crippen LogP contribution is -2.45. The number of rotatable bonds is 6. The zero-order valence-corrected chi connectivity index (χ0v) is 16.4. The van der Waals surface area contributed by atoms with Crippen LogP contribution in [0.2, 0.25) is 5.02 Å². The van der Waals surface area contributed by atoms with Crippen LogP contribution < -0.4 is 5.32 Å². The first-order valence-electron chi connectivity index (χ1n) is 8.84. The standard InChI is InChI=1S/C19H22ClN3O3S/c20-17-7-3-5-15(11-17)14-27(25,26)23-10-4-6-16(13-23)19(24)22-12-18-8-1-2-9-21-18/h1-3,5,7-9,11,16H,4,6,10,12-14H2,(H,22,24). The lowest BCUT2D eigenvalue weighted by Gasteiger charge is -2.31. The third-order valence-electron chi connectivity index (χ3n) is 4.56. The first-order valence-corrected chi connectivity index (χ1v) is 10.8. The first-order chi connectivity index (χ1) is 12.9. The summed E-state index contributed by atoms with van der Waals surface area (Å²) in [7, 11) is -3.50. The van der Waals surface area contributed by atoms with E-state index in [1.807, 2.05) is 18.2 Å².